The van der Waals surface area contributed by atoms with E-state index >= 15 is 0 Å². The normalized spacial score (nSPS) is 11.5. The van der Waals surface area contributed by atoms with Gasteiger partial charge < -0.3 is 5.73 Å². The van der Waals surface area contributed by atoms with E-state index < -0.39 is 11.6 Å². The Kier molecular flexibility index (Phi) is 2.30. The first kappa shape index (κ1) is 11.1. The number of anilines is 1. The SMILES string of the molecule is Nc1nc2c(F)cc(F)cc2c2nc(CCl)nn12. The van der Waals surface area contributed by atoms with E-state index in [4.69, 9.17) is 17.3 Å². The summed E-state index contributed by atoms with van der Waals surface area (Å²) in [6, 6.07) is 1.87. The van der Waals surface area contributed by atoms with Crippen molar-refractivity contribution >= 4 is 34.1 Å². The summed E-state index contributed by atoms with van der Waals surface area (Å²) in [7, 11) is 0. The summed E-state index contributed by atoms with van der Waals surface area (Å²) < 4.78 is 28.0. The molecule has 0 saturated carbocycles. The molecule has 92 valence electrons. The standard InChI is InChI=1S/C10H6ClF2N5/c11-3-7-15-9-5-1-4(12)2-6(13)8(5)16-10(14)18(9)17-7/h1-2H,3H2,(H2,14,16). The predicted octanol–water partition coefficient (Wildman–Crippen LogP) is 1.88. The molecule has 0 unspecified atom stereocenters. The molecule has 18 heavy (non-hydrogen) atoms. The Bertz CT molecular complexity index is 770. The zero-order chi connectivity index (χ0) is 12.9. The second-order valence-corrected chi connectivity index (χ2v) is 3.92. The Balaban J connectivity index is 2.54. The van der Waals surface area contributed by atoms with Gasteiger partial charge in [0.2, 0.25) is 5.95 Å². The van der Waals surface area contributed by atoms with Gasteiger partial charge in [0.15, 0.2) is 17.3 Å². The van der Waals surface area contributed by atoms with Crippen LogP contribution >= 0.6 is 11.6 Å². The molecule has 3 rings (SSSR count). The van der Waals surface area contributed by atoms with Crippen molar-refractivity contribution in [1.29, 1.82) is 0 Å². The predicted molar refractivity (Wildman–Crippen MR) is 62.2 cm³/mol. The van der Waals surface area contributed by atoms with E-state index in [1.807, 2.05) is 0 Å². The zero-order valence-corrected chi connectivity index (χ0v) is 9.62. The molecule has 0 aliphatic heterocycles. The number of benzene rings is 1. The first-order valence-corrected chi connectivity index (χ1v) is 5.49. The van der Waals surface area contributed by atoms with Crippen molar-refractivity contribution < 1.29 is 8.78 Å². The molecule has 3 aromatic rings. The van der Waals surface area contributed by atoms with Gasteiger partial charge in [-0.15, -0.1) is 16.7 Å². The molecule has 2 aromatic heterocycles. The Hall–Kier alpha value is -2.02. The third-order valence-electron chi connectivity index (χ3n) is 2.48. The van der Waals surface area contributed by atoms with E-state index in [0.717, 1.165) is 12.1 Å². The molecule has 0 radical (unpaired) electrons. The van der Waals surface area contributed by atoms with Crippen LogP contribution in [0.1, 0.15) is 5.82 Å². The van der Waals surface area contributed by atoms with Gasteiger partial charge in [-0.05, 0) is 6.07 Å². The zero-order valence-electron chi connectivity index (χ0n) is 8.86. The van der Waals surface area contributed by atoms with Gasteiger partial charge in [0.05, 0.1) is 11.3 Å². The molecule has 0 aliphatic carbocycles. The Morgan fingerprint density at radius 3 is 2.78 bits per heavy atom. The van der Waals surface area contributed by atoms with E-state index in [0.29, 0.717) is 5.82 Å². The maximum atomic E-state index is 13.6. The number of fused-ring (bicyclic) bond motifs is 3. The number of aromatic nitrogens is 4. The lowest BCUT2D eigenvalue weighted by Crippen LogP contribution is -2.04. The lowest BCUT2D eigenvalue weighted by molar-refractivity contribution is 0.590. The Labute approximate surface area is 104 Å². The van der Waals surface area contributed by atoms with Gasteiger partial charge in [-0.25, -0.2) is 18.7 Å². The molecule has 0 bridgehead atoms. The van der Waals surface area contributed by atoms with Crippen molar-refractivity contribution in [2.75, 3.05) is 5.73 Å². The highest BCUT2D eigenvalue weighted by molar-refractivity contribution is 6.16. The molecule has 1 aromatic carbocycles. The average Bonchev–Trinajstić information content (AvgIpc) is 2.76. The van der Waals surface area contributed by atoms with E-state index in [2.05, 4.69) is 15.1 Å². The van der Waals surface area contributed by atoms with Crippen LogP contribution in [0, 0.1) is 11.6 Å². The molecule has 8 heteroatoms. The van der Waals surface area contributed by atoms with Crippen LogP contribution in [-0.2, 0) is 5.88 Å². The molecular formula is C10H6ClF2N5. The molecule has 0 fully saturated rings. The second kappa shape index (κ2) is 3.74. The number of nitrogens with zero attached hydrogens (tertiary/aromatic N) is 4. The van der Waals surface area contributed by atoms with Gasteiger partial charge >= 0.3 is 0 Å². The highest BCUT2D eigenvalue weighted by Gasteiger charge is 2.15. The van der Waals surface area contributed by atoms with Crippen LogP contribution in [-0.4, -0.2) is 19.6 Å². The maximum Gasteiger partial charge on any atom is 0.223 e. The van der Waals surface area contributed by atoms with Crippen molar-refractivity contribution in [2.24, 2.45) is 0 Å². The van der Waals surface area contributed by atoms with Crippen molar-refractivity contribution in [3.63, 3.8) is 0 Å². The van der Waals surface area contributed by atoms with Gasteiger partial charge in [0, 0.05) is 6.07 Å². The van der Waals surface area contributed by atoms with Gasteiger partial charge in [-0.3, -0.25) is 0 Å². The van der Waals surface area contributed by atoms with Crippen molar-refractivity contribution in [3.8, 4) is 0 Å². The summed E-state index contributed by atoms with van der Waals surface area (Å²) in [4.78, 5) is 7.91. The third kappa shape index (κ3) is 1.47. The number of rotatable bonds is 1. The topological polar surface area (TPSA) is 69.1 Å². The minimum atomic E-state index is -0.797. The van der Waals surface area contributed by atoms with Crippen molar-refractivity contribution in [3.05, 3.63) is 29.6 Å². The minimum absolute atomic E-state index is 0.0353. The lowest BCUT2D eigenvalue weighted by atomic mass is 10.2. The minimum Gasteiger partial charge on any atom is -0.368 e. The smallest absolute Gasteiger partial charge is 0.223 e. The van der Waals surface area contributed by atoms with Crippen molar-refractivity contribution in [2.45, 2.75) is 5.88 Å². The third-order valence-corrected chi connectivity index (χ3v) is 2.72. The monoisotopic (exact) mass is 269 g/mol. The molecular weight excluding hydrogens is 264 g/mol. The van der Waals surface area contributed by atoms with Crippen LogP contribution in [0.3, 0.4) is 0 Å². The molecule has 0 saturated heterocycles. The Morgan fingerprint density at radius 2 is 2.06 bits per heavy atom. The molecule has 2 heterocycles. The van der Waals surface area contributed by atoms with E-state index in [9.17, 15) is 8.78 Å². The molecule has 2 N–H and O–H groups in total. The molecule has 5 nitrogen and oxygen atoms in total. The largest absolute Gasteiger partial charge is 0.368 e. The van der Waals surface area contributed by atoms with Crippen LogP contribution in [0.5, 0.6) is 0 Å². The van der Waals surface area contributed by atoms with Crippen LogP contribution in [0.4, 0.5) is 14.7 Å². The molecule has 0 spiro atoms. The first-order valence-electron chi connectivity index (χ1n) is 4.96. The molecule has 0 amide bonds. The molecule has 0 aliphatic rings. The number of nitrogen functional groups attached to an aromatic ring is 1. The Morgan fingerprint density at radius 1 is 1.28 bits per heavy atom. The van der Waals surface area contributed by atoms with Crippen LogP contribution in [0.15, 0.2) is 12.1 Å². The fourth-order valence-corrected chi connectivity index (χ4v) is 1.87. The van der Waals surface area contributed by atoms with Crippen LogP contribution < -0.4 is 5.73 Å². The van der Waals surface area contributed by atoms with E-state index in [1.165, 1.54) is 4.52 Å². The maximum absolute atomic E-state index is 13.6. The summed E-state index contributed by atoms with van der Waals surface area (Å²) in [6.07, 6.45) is 0. The number of hydrogen-bond donors (Lipinski definition) is 1. The van der Waals surface area contributed by atoms with Gasteiger partial charge in [0.25, 0.3) is 0 Å². The van der Waals surface area contributed by atoms with E-state index in [1.54, 1.807) is 0 Å². The van der Waals surface area contributed by atoms with Gasteiger partial charge in [-0.1, -0.05) is 0 Å². The summed E-state index contributed by atoms with van der Waals surface area (Å²) in [5, 5.41) is 4.18. The van der Waals surface area contributed by atoms with Crippen LogP contribution in [0.25, 0.3) is 16.6 Å². The van der Waals surface area contributed by atoms with Gasteiger partial charge in [-0.2, -0.15) is 4.52 Å². The fourth-order valence-electron chi connectivity index (χ4n) is 1.76. The highest BCUT2D eigenvalue weighted by Crippen LogP contribution is 2.23. The number of halogens is 3. The van der Waals surface area contributed by atoms with Crippen molar-refractivity contribution in [1.82, 2.24) is 19.6 Å². The summed E-state index contributed by atoms with van der Waals surface area (Å²) in [5.41, 5.74) is 5.83. The summed E-state index contributed by atoms with van der Waals surface area (Å²) in [6.45, 7) is 0. The lowest BCUT2D eigenvalue weighted by Gasteiger charge is -2.03. The number of hydrogen-bond acceptors (Lipinski definition) is 4. The summed E-state index contributed by atoms with van der Waals surface area (Å²) >= 11 is 5.62. The number of nitrogens with two attached hydrogens (primary N) is 1. The summed E-state index contributed by atoms with van der Waals surface area (Å²) in [5.74, 6) is -1.17. The second-order valence-electron chi connectivity index (χ2n) is 3.65. The molecule has 0 atom stereocenters. The highest BCUT2D eigenvalue weighted by atomic mass is 35.5. The fraction of sp³-hybridized carbons (Fsp3) is 0.100. The first-order chi connectivity index (χ1) is 8.60. The average molecular weight is 270 g/mol. The van der Waals surface area contributed by atoms with Gasteiger partial charge in [0.1, 0.15) is 11.3 Å². The van der Waals surface area contributed by atoms with Crippen LogP contribution in [0.2, 0.25) is 0 Å². The van der Waals surface area contributed by atoms with E-state index in [-0.39, 0.29) is 28.4 Å². The number of alkyl halides is 1. The quantitative estimate of drug-likeness (QED) is 0.685.